The van der Waals surface area contributed by atoms with Gasteiger partial charge in [-0.25, -0.2) is 27.2 Å². The highest BCUT2D eigenvalue weighted by molar-refractivity contribution is 6.34. The number of rotatable bonds is 8. The lowest BCUT2D eigenvalue weighted by atomic mass is 9.97. The molecule has 4 aromatic heterocycles. The Balaban J connectivity index is 0.000000180. The summed E-state index contributed by atoms with van der Waals surface area (Å²) in [7, 11) is 1.66. The van der Waals surface area contributed by atoms with Gasteiger partial charge in [-0.2, -0.15) is 9.97 Å². The smallest absolute Gasteiger partial charge is 0.354 e. The van der Waals surface area contributed by atoms with Crippen LogP contribution in [0.2, 0.25) is 10.0 Å². The van der Waals surface area contributed by atoms with Crippen LogP contribution >= 0.6 is 23.2 Å². The lowest BCUT2D eigenvalue weighted by Crippen LogP contribution is -2.57. The van der Waals surface area contributed by atoms with E-state index >= 15 is 17.6 Å². The quantitative estimate of drug-likeness (QED) is 0.0959. The number of likely N-dealkylation sites (N-methyl/N-ethyl adjacent to an activating group) is 1. The van der Waals surface area contributed by atoms with Gasteiger partial charge in [0.2, 0.25) is 11.8 Å². The van der Waals surface area contributed by atoms with Crippen LogP contribution in [0, 0.1) is 37.1 Å². The summed E-state index contributed by atoms with van der Waals surface area (Å²) in [5, 5.41) is 24.7. The van der Waals surface area contributed by atoms with E-state index in [-0.39, 0.29) is 129 Å². The monoisotopic (exact) mass is 1230 g/mol. The molecular formula is C63H60Cl2F4N12O6. The number of piperazine rings is 2. The largest absolute Gasteiger partial charge is 0.507 e. The van der Waals surface area contributed by atoms with Crippen molar-refractivity contribution in [3.05, 3.63) is 163 Å². The number of nitrogens with zero attached hydrogens (tertiary/aromatic N) is 11. The predicted molar refractivity (Wildman–Crippen MR) is 330 cm³/mol. The number of anilines is 4. The molecule has 8 heterocycles. The Morgan fingerprint density at radius 3 is 1.54 bits per heavy atom. The molecule has 4 aliphatic heterocycles. The fourth-order valence-electron chi connectivity index (χ4n) is 12.5. The zero-order valence-electron chi connectivity index (χ0n) is 48.5. The third kappa shape index (κ3) is 9.82. The van der Waals surface area contributed by atoms with Gasteiger partial charge in [0.15, 0.2) is 23.3 Å². The summed E-state index contributed by atoms with van der Waals surface area (Å²) in [5.41, 5.74) is -0.666. The van der Waals surface area contributed by atoms with Crippen LogP contribution in [-0.4, -0.2) is 132 Å². The van der Waals surface area contributed by atoms with Crippen molar-refractivity contribution < 1.29 is 37.4 Å². The highest BCUT2D eigenvalue weighted by atomic mass is 35.5. The van der Waals surface area contributed by atoms with Crippen LogP contribution in [0.1, 0.15) is 62.0 Å². The Morgan fingerprint density at radius 2 is 1.07 bits per heavy atom. The normalized spacial score (nSPS) is 16.3. The lowest BCUT2D eigenvalue weighted by Gasteiger charge is -2.41. The number of carbonyl (C=O) groups is 2. The fourth-order valence-corrected chi connectivity index (χ4v) is 13.1. The second kappa shape index (κ2) is 23.0. The molecule has 12 rings (SSSR count). The average molecular weight is 1230 g/mol. The van der Waals surface area contributed by atoms with Gasteiger partial charge in [-0.15, -0.1) is 0 Å². The topological polar surface area (TPSA) is 198 Å². The lowest BCUT2D eigenvalue weighted by molar-refractivity contribution is -0.127. The van der Waals surface area contributed by atoms with Gasteiger partial charge in [0.25, 0.3) is 0 Å². The average Bonchev–Trinajstić information content (AvgIpc) is 1.72. The summed E-state index contributed by atoms with van der Waals surface area (Å²) in [4.78, 5) is 79.6. The third-order valence-electron chi connectivity index (χ3n) is 16.6. The number of aromatic hydroxyl groups is 2. The van der Waals surface area contributed by atoms with Crippen molar-refractivity contribution in [3.8, 4) is 45.1 Å². The second-order valence-corrected chi connectivity index (χ2v) is 23.3. The molecule has 450 valence electrons. The van der Waals surface area contributed by atoms with E-state index in [2.05, 4.69) is 38.4 Å². The standard InChI is InChI=1S/C32H31ClF2N6O3.C31H29ClF2N6O3/c1-6-21(43)39-12-13-40-18(15-39)14-38(5)29-24-30(26(35)23(25(29)34)22-19(33)8-7-9-20(22)42)41(32(44)37-31(24)40)28-17(4)10-11-36-27(28)16(2)3;1-5-20(42)38-11-12-39-17(14-38)13-36-27-23-29(25(34)22(24(27)33)21-18(32)7-6-8-19(21)41)40(31(43)37-30(23)39)28-16(4)9-10-35-26(28)15(2)3/h6-11,16,18,42H,1,12-15H2,2-5H3;5-10,15,17,36,41H,1,11-14H2,2-4H3. The van der Waals surface area contributed by atoms with Crippen molar-refractivity contribution in [2.45, 2.75) is 65.5 Å². The van der Waals surface area contributed by atoms with Crippen molar-refractivity contribution in [2.24, 2.45) is 0 Å². The number of carbonyl (C=O) groups excluding carboxylic acids is 2. The van der Waals surface area contributed by atoms with Crippen LogP contribution in [0.3, 0.4) is 0 Å². The molecule has 0 spiro atoms. The Morgan fingerprint density at radius 1 is 0.621 bits per heavy atom. The van der Waals surface area contributed by atoms with Crippen LogP contribution in [-0.2, 0) is 9.59 Å². The van der Waals surface area contributed by atoms with E-state index in [1.807, 2.05) is 37.5 Å². The molecule has 0 bridgehead atoms. The molecule has 2 fully saturated rings. The first-order valence-corrected chi connectivity index (χ1v) is 28.9. The number of benzene rings is 4. The highest BCUT2D eigenvalue weighted by Gasteiger charge is 2.42. The van der Waals surface area contributed by atoms with Gasteiger partial charge in [-0.05, 0) is 85.4 Å². The van der Waals surface area contributed by atoms with E-state index in [9.17, 15) is 29.4 Å². The molecule has 3 N–H and O–H groups in total. The number of phenolic OH excluding ortho intramolecular Hbond substituents is 2. The summed E-state index contributed by atoms with van der Waals surface area (Å²) in [6.45, 7) is 20.4. The van der Waals surface area contributed by atoms with Crippen LogP contribution in [0.25, 0.3) is 55.4 Å². The van der Waals surface area contributed by atoms with E-state index in [1.54, 1.807) is 60.1 Å². The van der Waals surface area contributed by atoms with Gasteiger partial charge in [-0.3, -0.25) is 28.7 Å². The van der Waals surface area contributed by atoms with Crippen LogP contribution in [0.15, 0.2) is 95.8 Å². The first kappa shape index (κ1) is 59.7. The van der Waals surface area contributed by atoms with Gasteiger partial charge < -0.3 is 40.0 Å². The van der Waals surface area contributed by atoms with Gasteiger partial charge in [0.05, 0.1) is 78.2 Å². The molecule has 0 radical (unpaired) electrons. The number of aryl methyl sites for hydroxylation is 2. The molecule has 18 nitrogen and oxygen atoms in total. The van der Waals surface area contributed by atoms with E-state index in [4.69, 9.17) is 23.2 Å². The molecule has 0 saturated carbocycles. The van der Waals surface area contributed by atoms with Crippen molar-refractivity contribution in [1.82, 2.24) is 38.9 Å². The SMILES string of the molecule is C=CC(=O)N1CCN2c3nc(=O)n(-c4c(C)ccnc4C(C)C)c4c(F)c(-c5c(O)cccc5Cl)c(F)c(c34)N(C)CC2C1.C=CC(=O)N1CCN2c3nc(=O)n(-c4c(C)ccnc4C(C)C)c4c(F)c(-c5c(O)cccc5Cl)c(F)c(c34)NCC2C1. The van der Waals surface area contributed by atoms with E-state index in [0.29, 0.717) is 47.0 Å². The van der Waals surface area contributed by atoms with Gasteiger partial charge in [0, 0.05) is 82.9 Å². The minimum absolute atomic E-state index is 0.00407. The molecule has 2 amide bonds. The minimum atomic E-state index is -1.08. The first-order chi connectivity index (χ1) is 41.5. The third-order valence-corrected chi connectivity index (χ3v) is 17.2. The van der Waals surface area contributed by atoms with Gasteiger partial charge in [-0.1, -0.05) is 76.2 Å². The maximum atomic E-state index is 17.3. The maximum Gasteiger partial charge on any atom is 0.354 e. The molecule has 4 aliphatic rings. The summed E-state index contributed by atoms with van der Waals surface area (Å²) >= 11 is 12.9. The zero-order valence-corrected chi connectivity index (χ0v) is 50.0. The Hall–Kier alpha value is -9.02. The molecule has 2 saturated heterocycles. The minimum Gasteiger partial charge on any atom is -0.507 e. The molecule has 24 heteroatoms. The molecule has 87 heavy (non-hydrogen) atoms. The van der Waals surface area contributed by atoms with Crippen molar-refractivity contribution >= 4 is 79.8 Å². The van der Waals surface area contributed by atoms with E-state index < -0.39 is 69.4 Å². The number of nitrogens with one attached hydrogen (secondary N) is 1. The van der Waals surface area contributed by atoms with Gasteiger partial charge >= 0.3 is 11.4 Å². The number of hydrogen-bond acceptors (Lipinski definition) is 14. The van der Waals surface area contributed by atoms with Crippen molar-refractivity contribution in [2.75, 3.05) is 79.4 Å². The van der Waals surface area contributed by atoms with E-state index in [0.717, 1.165) is 9.13 Å². The van der Waals surface area contributed by atoms with Crippen LogP contribution < -0.4 is 31.4 Å². The Bertz CT molecular complexity index is 4330. The maximum absolute atomic E-state index is 17.3. The number of pyridine rings is 2. The zero-order chi connectivity index (χ0) is 62.3. The Labute approximate surface area is 506 Å². The molecule has 8 aromatic rings. The predicted octanol–water partition coefficient (Wildman–Crippen LogP) is 10.3. The number of hydrogen-bond donors (Lipinski definition) is 3. The number of phenols is 2. The summed E-state index contributed by atoms with van der Waals surface area (Å²) < 4.78 is 70.3. The molecule has 2 atom stereocenters. The summed E-state index contributed by atoms with van der Waals surface area (Å²) in [6, 6.07) is 11.0. The van der Waals surface area contributed by atoms with Gasteiger partial charge in [0.1, 0.15) is 34.2 Å². The molecule has 2 unspecified atom stereocenters. The molecule has 0 aliphatic carbocycles. The van der Waals surface area contributed by atoms with E-state index in [1.165, 1.54) is 48.6 Å². The Kier molecular flexibility index (Phi) is 15.8. The molecular weight excluding hydrogens is 1170 g/mol. The van der Waals surface area contributed by atoms with Crippen molar-refractivity contribution in [3.63, 3.8) is 0 Å². The second-order valence-electron chi connectivity index (χ2n) is 22.5. The number of aromatic nitrogens is 6. The number of halogens is 6. The summed E-state index contributed by atoms with van der Waals surface area (Å²) in [5.74, 6) is -5.53. The molecule has 4 aromatic carbocycles. The van der Waals surface area contributed by atoms with Crippen LogP contribution in [0.5, 0.6) is 11.5 Å². The highest BCUT2D eigenvalue weighted by Crippen LogP contribution is 2.50. The van der Waals surface area contributed by atoms with Crippen LogP contribution in [0.4, 0.5) is 40.6 Å². The first-order valence-electron chi connectivity index (χ1n) is 28.1. The summed E-state index contributed by atoms with van der Waals surface area (Å²) in [6.07, 6.45) is 5.70. The number of fused-ring (bicyclic) bond motifs is 4. The fraction of sp³-hybridized carbons (Fsp3) is 0.302. The van der Waals surface area contributed by atoms with Crippen molar-refractivity contribution in [1.29, 1.82) is 0 Å². The number of amides is 2.